The van der Waals surface area contributed by atoms with E-state index in [2.05, 4.69) is 10.3 Å². The highest BCUT2D eigenvalue weighted by molar-refractivity contribution is 7.15. The number of benzene rings is 2. The average Bonchev–Trinajstić information content (AvgIpc) is 3.14. The van der Waals surface area contributed by atoms with E-state index in [4.69, 9.17) is 4.74 Å². The van der Waals surface area contributed by atoms with Crippen molar-refractivity contribution < 1.29 is 14.6 Å². The largest absolute Gasteiger partial charge is 0.504 e. The number of nitrogens with zero attached hydrogens (tertiary/aromatic N) is 2. The molecule has 2 aromatic carbocycles. The van der Waals surface area contributed by atoms with E-state index in [0.29, 0.717) is 10.7 Å². The molecule has 2 N–H and O–H groups in total. The Balaban J connectivity index is 1.72. The summed E-state index contributed by atoms with van der Waals surface area (Å²) in [5.41, 5.74) is 1.64. The van der Waals surface area contributed by atoms with Crippen molar-refractivity contribution in [3.8, 4) is 17.6 Å². The SMILES string of the molecule is COc1cc(/C=C(/C#N)C(=O)Nc2ncc(Cc3ccccc3)s2)ccc1O. The van der Waals surface area contributed by atoms with Gasteiger partial charge in [-0.25, -0.2) is 4.98 Å². The van der Waals surface area contributed by atoms with Crippen LogP contribution in [-0.4, -0.2) is 23.1 Å². The molecule has 0 spiro atoms. The van der Waals surface area contributed by atoms with E-state index >= 15 is 0 Å². The Morgan fingerprint density at radius 2 is 2.11 bits per heavy atom. The summed E-state index contributed by atoms with van der Waals surface area (Å²) in [6.45, 7) is 0. The minimum absolute atomic E-state index is 0.0173. The van der Waals surface area contributed by atoms with Gasteiger partial charge in [0.15, 0.2) is 16.6 Å². The van der Waals surface area contributed by atoms with Crippen LogP contribution in [-0.2, 0) is 11.2 Å². The number of ether oxygens (including phenoxy) is 1. The molecule has 1 aromatic heterocycles. The van der Waals surface area contributed by atoms with Gasteiger partial charge < -0.3 is 9.84 Å². The zero-order chi connectivity index (χ0) is 19.9. The van der Waals surface area contributed by atoms with Crippen molar-refractivity contribution in [2.45, 2.75) is 6.42 Å². The van der Waals surface area contributed by atoms with Gasteiger partial charge in [-0.15, -0.1) is 11.3 Å². The van der Waals surface area contributed by atoms with Crippen molar-refractivity contribution in [2.24, 2.45) is 0 Å². The number of carbonyl (C=O) groups excluding carboxylic acids is 1. The molecule has 0 saturated carbocycles. The first-order valence-corrected chi connectivity index (χ1v) is 9.19. The van der Waals surface area contributed by atoms with Crippen LogP contribution in [0.3, 0.4) is 0 Å². The quantitative estimate of drug-likeness (QED) is 0.489. The van der Waals surface area contributed by atoms with Gasteiger partial charge in [0.05, 0.1) is 7.11 Å². The summed E-state index contributed by atoms with van der Waals surface area (Å²) < 4.78 is 5.04. The van der Waals surface area contributed by atoms with Crippen LogP contribution in [0.5, 0.6) is 11.5 Å². The van der Waals surface area contributed by atoms with E-state index in [1.165, 1.54) is 30.6 Å². The van der Waals surface area contributed by atoms with Gasteiger partial charge >= 0.3 is 0 Å². The third-order valence-electron chi connectivity index (χ3n) is 3.88. The molecule has 0 aliphatic carbocycles. The number of hydrogen-bond acceptors (Lipinski definition) is 6. The summed E-state index contributed by atoms with van der Waals surface area (Å²) >= 11 is 1.37. The summed E-state index contributed by atoms with van der Waals surface area (Å²) in [6.07, 6.45) is 3.87. The number of nitriles is 1. The van der Waals surface area contributed by atoms with Gasteiger partial charge in [0.1, 0.15) is 11.6 Å². The van der Waals surface area contributed by atoms with Crippen LogP contribution in [0.1, 0.15) is 16.0 Å². The maximum absolute atomic E-state index is 12.4. The van der Waals surface area contributed by atoms with Crippen LogP contribution in [0.4, 0.5) is 5.13 Å². The van der Waals surface area contributed by atoms with Crippen LogP contribution in [0.15, 0.2) is 60.3 Å². The Morgan fingerprint density at radius 3 is 2.82 bits per heavy atom. The molecule has 0 bridgehead atoms. The van der Waals surface area contributed by atoms with Gasteiger partial charge in [-0.05, 0) is 29.3 Å². The Kier molecular flexibility index (Phi) is 6.04. The van der Waals surface area contributed by atoms with Crippen LogP contribution in [0, 0.1) is 11.3 Å². The predicted octanol–water partition coefficient (Wildman–Crippen LogP) is 3.99. The Bertz CT molecular complexity index is 1050. The highest BCUT2D eigenvalue weighted by Gasteiger charge is 2.13. The second-order valence-electron chi connectivity index (χ2n) is 5.85. The van der Waals surface area contributed by atoms with Gasteiger partial charge in [-0.2, -0.15) is 5.26 Å². The minimum atomic E-state index is -0.546. The predicted molar refractivity (Wildman–Crippen MR) is 108 cm³/mol. The molecular formula is C21H17N3O3S. The Morgan fingerprint density at radius 1 is 1.32 bits per heavy atom. The molecule has 0 radical (unpaired) electrons. The van der Waals surface area contributed by atoms with E-state index in [1.807, 2.05) is 36.4 Å². The molecule has 0 aliphatic rings. The molecule has 7 heteroatoms. The van der Waals surface area contributed by atoms with Crippen molar-refractivity contribution in [1.29, 1.82) is 5.26 Å². The average molecular weight is 391 g/mol. The van der Waals surface area contributed by atoms with Crippen LogP contribution in [0.25, 0.3) is 6.08 Å². The van der Waals surface area contributed by atoms with Crippen molar-refractivity contribution in [3.63, 3.8) is 0 Å². The lowest BCUT2D eigenvalue weighted by atomic mass is 10.1. The molecule has 28 heavy (non-hydrogen) atoms. The fourth-order valence-electron chi connectivity index (χ4n) is 2.51. The number of aromatic hydroxyl groups is 1. The van der Waals surface area contributed by atoms with Gasteiger partial charge in [0.2, 0.25) is 0 Å². The maximum Gasteiger partial charge on any atom is 0.268 e. The lowest BCUT2D eigenvalue weighted by molar-refractivity contribution is -0.112. The molecule has 0 saturated heterocycles. The van der Waals surface area contributed by atoms with E-state index < -0.39 is 5.91 Å². The number of aromatic nitrogens is 1. The highest BCUT2D eigenvalue weighted by atomic mass is 32.1. The van der Waals surface area contributed by atoms with Crippen LogP contribution in [0.2, 0.25) is 0 Å². The van der Waals surface area contributed by atoms with E-state index in [-0.39, 0.29) is 17.1 Å². The number of phenols is 1. The number of carbonyl (C=O) groups is 1. The molecule has 0 aliphatic heterocycles. The molecule has 140 valence electrons. The van der Waals surface area contributed by atoms with E-state index in [9.17, 15) is 15.2 Å². The maximum atomic E-state index is 12.4. The lowest BCUT2D eigenvalue weighted by Crippen LogP contribution is -2.13. The number of hydrogen-bond donors (Lipinski definition) is 2. The molecule has 0 atom stereocenters. The molecule has 0 unspecified atom stereocenters. The second-order valence-corrected chi connectivity index (χ2v) is 6.96. The molecule has 3 aromatic rings. The number of anilines is 1. The summed E-state index contributed by atoms with van der Waals surface area (Å²) in [5.74, 6) is -0.302. The monoisotopic (exact) mass is 391 g/mol. The fourth-order valence-corrected chi connectivity index (χ4v) is 3.35. The van der Waals surface area contributed by atoms with E-state index in [1.54, 1.807) is 18.3 Å². The zero-order valence-electron chi connectivity index (χ0n) is 15.0. The first kappa shape index (κ1) is 19.1. The van der Waals surface area contributed by atoms with Crippen molar-refractivity contribution in [1.82, 2.24) is 4.98 Å². The van der Waals surface area contributed by atoms with Crippen molar-refractivity contribution in [3.05, 3.63) is 76.3 Å². The van der Waals surface area contributed by atoms with Gasteiger partial charge in [-0.1, -0.05) is 36.4 Å². The number of thiazole rings is 1. The standard InChI is InChI=1S/C21H17N3O3S/c1-27-19-11-15(7-8-18(19)25)9-16(12-22)20(26)24-21-23-13-17(28-21)10-14-5-3-2-4-6-14/h2-9,11,13,25H,10H2,1H3,(H,23,24,26)/b16-9-. The molecule has 6 nitrogen and oxygen atoms in total. The summed E-state index contributed by atoms with van der Waals surface area (Å²) in [6, 6.07) is 16.4. The first-order chi connectivity index (χ1) is 13.6. The topological polar surface area (TPSA) is 95.2 Å². The normalized spacial score (nSPS) is 10.9. The molecule has 0 fully saturated rings. The van der Waals surface area contributed by atoms with Gasteiger partial charge in [-0.3, -0.25) is 10.1 Å². The number of amides is 1. The van der Waals surface area contributed by atoms with Crippen molar-refractivity contribution >= 4 is 28.5 Å². The van der Waals surface area contributed by atoms with E-state index in [0.717, 1.165) is 16.9 Å². The third kappa shape index (κ3) is 4.75. The molecule has 3 rings (SSSR count). The number of phenolic OH excluding ortho intramolecular Hbond substituents is 1. The Labute approximate surface area is 166 Å². The fraction of sp³-hybridized carbons (Fsp3) is 0.0952. The lowest BCUT2D eigenvalue weighted by Gasteiger charge is -2.04. The summed E-state index contributed by atoms with van der Waals surface area (Å²) in [4.78, 5) is 17.6. The second kappa shape index (κ2) is 8.84. The van der Waals surface area contributed by atoms with Crippen molar-refractivity contribution in [2.75, 3.05) is 12.4 Å². The third-order valence-corrected chi connectivity index (χ3v) is 4.79. The van der Waals surface area contributed by atoms with Gasteiger partial charge in [0.25, 0.3) is 5.91 Å². The smallest absolute Gasteiger partial charge is 0.268 e. The molecule has 1 heterocycles. The number of methoxy groups -OCH3 is 1. The number of rotatable bonds is 6. The molecular weight excluding hydrogens is 374 g/mol. The molecule has 1 amide bonds. The number of nitrogens with one attached hydrogen (secondary N) is 1. The summed E-state index contributed by atoms with van der Waals surface area (Å²) in [7, 11) is 1.43. The minimum Gasteiger partial charge on any atom is -0.504 e. The van der Waals surface area contributed by atoms with Crippen LogP contribution < -0.4 is 10.1 Å². The Hall–Kier alpha value is -3.63. The highest BCUT2D eigenvalue weighted by Crippen LogP contribution is 2.27. The van der Waals surface area contributed by atoms with Crippen LogP contribution >= 0.6 is 11.3 Å². The first-order valence-electron chi connectivity index (χ1n) is 8.38. The zero-order valence-corrected chi connectivity index (χ0v) is 15.9. The summed E-state index contributed by atoms with van der Waals surface area (Å²) in [5, 5.41) is 22.1. The van der Waals surface area contributed by atoms with Gasteiger partial charge in [0, 0.05) is 17.5 Å².